The molecule has 5 rings (SSSR count). The van der Waals surface area contributed by atoms with Gasteiger partial charge in [0.05, 0.1) is 23.9 Å². The molecule has 0 bridgehead atoms. The Labute approximate surface area is 191 Å². The van der Waals surface area contributed by atoms with E-state index in [9.17, 15) is 14.7 Å². The Morgan fingerprint density at radius 3 is 2.69 bits per heavy atom. The molecule has 3 aliphatic rings. The summed E-state index contributed by atoms with van der Waals surface area (Å²) in [6.45, 7) is 5.42. The van der Waals surface area contributed by atoms with Crippen LogP contribution in [0.5, 0.6) is 5.75 Å². The van der Waals surface area contributed by atoms with E-state index < -0.39 is 23.2 Å². The van der Waals surface area contributed by atoms with Crippen LogP contribution >= 0.6 is 11.6 Å². The quantitative estimate of drug-likeness (QED) is 0.532. The third-order valence-corrected chi connectivity index (χ3v) is 7.13. The summed E-state index contributed by atoms with van der Waals surface area (Å²) in [6, 6.07) is 6.16. The average molecular weight is 459 g/mol. The van der Waals surface area contributed by atoms with Crippen molar-refractivity contribution in [3.63, 3.8) is 0 Å². The van der Waals surface area contributed by atoms with E-state index in [1.165, 1.54) is 5.69 Å². The number of hydrogen-bond acceptors (Lipinski definition) is 6. The fraction of sp³-hybridized carbons (Fsp3) is 0.478. The summed E-state index contributed by atoms with van der Waals surface area (Å²) < 4.78 is 8.19. The third kappa shape index (κ3) is 3.61. The van der Waals surface area contributed by atoms with Crippen LogP contribution < -0.4 is 10.1 Å². The Balaban J connectivity index is 1.53. The number of aliphatic hydroxyl groups is 1. The van der Waals surface area contributed by atoms with Gasteiger partial charge in [-0.2, -0.15) is 0 Å². The SMILES string of the molecule is CN1CCN(Cc2cc3cc4c(cc3n2C)OCCC2=C4NC(=O)C(C(=O)Cl)C2O)CC1. The van der Waals surface area contributed by atoms with Gasteiger partial charge in [-0.05, 0) is 36.4 Å². The normalized spacial score (nSPS) is 24.6. The molecular formula is C23H27ClN4O4. The number of carbonyl (C=O) groups excluding carboxylic acids is 2. The van der Waals surface area contributed by atoms with Gasteiger partial charge < -0.3 is 24.6 Å². The maximum atomic E-state index is 12.5. The average Bonchev–Trinajstić information content (AvgIpc) is 2.93. The fourth-order valence-electron chi connectivity index (χ4n) is 4.91. The molecule has 3 aliphatic heterocycles. The second kappa shape index (κ2) is 8.19. The van der Waals surface area contributed by atoms with Crippen LogP contribution in [-0.4, -0.2) is 76.6 Å². The first-order valence-corrected chi connectivity index (χ1v) is 11.3. The van der Waals surface area contributed by atoms with Crippen LogP contribution in [0.2, 0.25) is 0 Å². The van der Waals surface area contributed by atoms with Crippen LogP contribution in [0.1, 0.15) is 17.7 Å². The predicted octanol–water partition coefficient (Wildman–Crippen LogP) is 1.29. The molecule has 4 heterocycles. The van der Waals surface area contributed by atoms with Gasteiger partial charge in [-0.15, -0.1) is 0 Å². The Morgan fingerprint density at radius 2 is 1.97 bits per heavy atom. The number of aliphatic hydroxyl groups excluding tert-OH is 1. The fourth-order valence-corrected chi connectivity index (χ4v) is 5.13. The van der Waals surface area contributed by atoms with Crippen molar-refractivity contribution in [3.8, 4) is 5.75 Å². The zero-order chi connectivity index (χ0) is 22.6. The van der Waals surface area contributed by atoms with E-state index >= 15 is 0 Å². The number of likely N-dealkylation sites (N-methyl/N-ethyl adjacent to an activating group) is 1. The number of hydrogen-bond donors (Lipinski definition) is 2. The van der Waals surface area contributed by atoms with Crippen molar-refractivity contribution in [2.75, 3.05) is 39.8 Å². The number of aryl methyl sites for hydroxylation is 1. The molecule has 32 heavy (non-hydrogen) atoms. The molecule has 9 heteroatoms. The number of aromatic nitrogens is 1. The molecule has 8 nitrogen and oxygen atoms in total. The monoisotopic (exact) mass is 458 g/mol. The number of piperazine rings is 1. The Kier molecular flexibility index (Phi) is 5.49. The molecule has 1 amide bonds. The van der Waals surface area contributed by atoms with Gasteiger partial charge in [0.2, 0.25) is 11.1 Å². The molecule has 170 valence electrons. The lowest BCUT2D eigenvalue weighted by Crippen LogP contribution is -2.46. The topological polar surface area (TPSA) is 87.0 Å². The minimum atomic E-state index is -1.30. The van der Waals surface area contributed by atoms with E-state index in [4.69, 9.17) is 16.3 Å². The lowest BCUT2D eigenvalue weighted by molar-refractivity contribution is -0.133. The number of rotatable bonds is 3. The van der Waals surface area contributed by atoms with E-state index in [0.717, 1.165) is 49.2 Å². The van der Waals surface area contributed by atoms with E-state index in [1.54, 1.807) is 0 Å². The first kappa shape index (κ1) is 21.5. The number of benzene rings is 1. The lowest BCUT2D eigenvalue weighted by atomic mass is 9.87. The number of ether oxygens (including phenoxy) is 1. The largest absolute Gasteiger partial charge is 0.492 e. The Hall–Kier alpha value is -2.39. The highest BCUT2D eigenvalue weighted by molar-refractivity contribution is 6.65. The highest BCUT2D eigenvalue weighted by Crippen LogP contribution is 2.39. The number of carbonyl (C=O) groups is 2. The summed E-state index contributed by atoms with van der Waals surface area (Å²) >= 11 is 5.58. The molecule has 2 atom stereocenters. The van der Waals surface area contributed by atoms with Crippen LogP contribution in [0.15, 0.2) is 23.8 Å². The van der Waals surface area contributed by atoms with Gasteiger partial charge in [0.15, 0.2) is 0 Å². The number of amides is 1. The van der Waals surface area contributed by atoms with Gasteiger partial charge in [-0.1, -0.05) is 0 Å². The number of halogens is 1. The summed E-state index contributed by atoms with van der Waals surface area (Å²) in [5.41, 5.74) is 4.08. The zero-order valence-electron chi connectivity index (χ0n) is 18.2. The van der Waals surface area contributed by atoms with Crippen LogP contribution in [0.25, 0.3) is 16.6 Å². The Morgan fingerprint density at radius 1 is 1.22 bits per heavy atom. The molecule has 0 spiro atoms. The molecule has 2 unspecified atom stereocenters. The molecule has 0 saturated carbocycles. The smallest absolute Gasteiger partial charge is 0.239 e. The summed E-state index contributed by atoms with van der Waals surface area (Å²) in [4.78, 5) is 29.0. The first-order chi connectivity index (χ1) is 15.3. The van der Waals surface area contributed by atoms with E-state index in [0.29, 0.717) is 30.0 Å². The summed E-state index contributed by atoms with van der Waals surface area (Å²) in [7, 11) is 4.21. The Bertz CT molecular complexity index is 1130. The lowest BCUT2D eigenvalue weighted by Gasteiger charge is -2.32. The molecule has 2 N–H and O–H groups in total. The van der Waals surface area contributed by atoms with Crippen molar-refractivity contribution >= 4 is 39.4 Å². The van der Waals surface area contributed by atoms with Crippen molar-refractivity contribution in [2.24, 2.45) is 13.0 Å². The van der Waals surface area contributed by atoms with Gasteiger partial charge >= 0.3 is 0 Å². The molecule has 1 saturated heterocycles. The third-order valence-electron chi connectivity index (χ3n) is 6.89. The maximum absolute atomic E-state index is 12.5. The number of fused-ring (bicyclic) bond motifs is 3. The van der Waals surface area contributed by atoms with Crippen LogP contribution in [0, 0.1) is 5.92 Å². The van der Waals surface area contributed by atoms with Crippen LogP contribution in [0.3, 0.4) is 0 Å². The van der Waals surface area contributed by atoms with Crippen molar-refractivity contribution in [1.82, 2.24) is 19.7 Å². The molecule has 0 radical (unpaired) electrons. The van der Waals surface area contributed by atoms with Crippen LogP contribution in [-0.2, 0) is 23.2 Å². The van der Waals surface area contributed by atoms with Crippen LogP contribution in [0.4, 0.5) is 0 Å². The van der Waals surface area contributed by atoms with E-state index in [2.05, 4.69) is 39.8 Å². The van der Waals surface area contributed by atoms with Crippen molar-refractivity contribution < 1.29 is 19.4 Å². The molecule has 2 aromatic rings. The van der Waals surface area contributed by atoms with Gasteiger partial charge in [0, 0.05) is 68.9 Å². The summed E-state index contributed by atoms with van der Waals surface area (Å²) in [5.74, 6) is -1.24. The van der Waals surface area contributed by atoms with Gasteiger partial charge in [0.25, 0.3) is 0 Å². The first-order valence-electron chi connectivity index (χ1n) is 10.9. The van der Waals surface area contributed by atoms with Crippen molar-refractivity contribution in [1.29, 1.82) is 0 Å². The molecule has 0 aliphatic carbocycles. The minimum Gasteiger partial charge on any atom is -0.492 e. The molecule has 1 aromatic heterocycles. The zero-order valence-corrected chi connectivity index (χ0v) is 19.0. The van der Waals surface area contributed by atoms with Gasteiger partial charge in [0.1, 0.15) is 11.7 Å². The van der Waals surface area contributed by atoms with Gasteiger partial charge in [-0.25, -0.2) is 0 Å². The molecular weight excluding hydrogens is 432 g/mol. The number of nitrogens with zero attached hydrogens (tertiary/aromatic N) is 3. The molecule has 1 fully saturated rings. The molecule has 1 aromatic carbocycles. The second-order valence-electron chi connectivity index (χ2n) is 8.90. The van der Waals surface area contributed by atoms with Gasteiger partial charge in [-0.3, -0.25) is 14.5 Å². The summed E-state index contributed by atoms with van der Waals surface area (Å²) in [6.07, 6.45) is -0.852. The second-order valence-corrected chi connectivity index (χ2v) is 9.27. The highest BCUT2D eigenvalue weighted by Gasteiger charge is 2.42. The highest BCUT2D eigenvalue weighted by atomic mass is 35.5. The maximum Gasteiger partial charge on any atom is 0.239 e. The standard InChI is InChI=1S/C23H27ClN4O4/c1-26-4-6-28(7-5-26)12-14-9-13-10-16-18(11-17(13)27(14)2)32-8-3-15-20(16)25-23(31)19(21(15)29)22(24)30/h9-11,19,21,29H,3-8,12H2,1-2H3,(H,25,31). The predicted molar refractivity (Wildman–Crippen MR) is 121 cm³/mol. The summed E-state index contributed by atoms with van der Waals surface area (Å²) in [5, 5.41) is 13.7. The van der Waals surface area contributed by atoms with Crippen molar-refractivity contribution in [2.45, 2.75) is 19.1 Å². The van der Waals surface area contributed by atoms with E-state index in [1.807, 2.05) is 12.1 Å². The number of nitrogens with one attached hydrogen (secondary N) is 1. The minimum absolute atomic E-state index is 0.339. The van der Waals surface area contributed by atoms with Crippen molar-refractivity contribution in [3.05, 3.63) is 35.0 Å². The van der Waals surface area contributed by atoms with E-state index in [-0.39, 0.29) is 0 Å².